The van der Waals surface area contributed by atoms with Crippen LogP contribution in [-0.4, -0.2) is 4.57 Å². The average Bonchev–Trinajstić information content (AvgIpc) is 2.53. The molecule has 2 rings (SSSR count). The Morgan fingerprint density at radius 1 is 1.13 bits per heavy atom. The summed E-state index contributed by atoms with van der Waals surface area (Å²) in [7, 11) is 2.07. The zero-order valence-electron chi connectivity index (χ0n) is 9.57. The van der Waals surface area contributed by atoms with Gasteiger partial charge in [0.1, 0.15) is 18.9 Å². The molecule has 2 heteroatoms. The summed E-state index contributed by atoms with van der Waals surface area (Å²) in [6, 6.07) is 8.70. The quantitative estimate of drug-likeness (QED) is 0.657. The highest BCUT2D eigenvalue weighted by Gasteiger charge is 2.08. The molecule has 0 unspecified atom stereocenters. The van der Waals surface area contributed by atoms with E-state index in [2.05, 4.69) is 66.7 Å². The summed E-state index contributed by atoms with van der Waals surface area (Å²) in [5, 5.41) is 0. The smallest absolute Gasteiger partial charge is 0.237 e. The lowest BCUT2D eigenvalue weighted by atomic mass is 10.1. The van der Waals surface area contributed by atoms with Crippen LogP contribution in [0, 0.1) is 13.8 Å². The molecule has 1 heterocycles. The Hall–Kier alpha value is -1.57. The van der Waals surface area contributed by atoms with Gasteiger partial charge in [-0.3, -0.25) is 0 Å². The number of aromatic nitrogens is 2. The third kappa shape index (κ3) is 2.09. The van der Waals surface area contributed by atoms with Crippen molar-refractivity contribution >= 4 is 0 Å². The average molecular weight is 201 g/mol. The van der Waals surface area contributed by atoms with Gasteiger partial charge in [-0.2, -0.15) is 0 Å². The first-order chi connectivity index (χ1) is 7.16. The Morgan fingerprint density at radius 3 is 2.33 bits per heavy atom. The first-order valence-corrected chi connectivity index (χ1v) is 5.24. The van der Waals surface area contributed by atoms with Crippen LogP contribution < -0.4 is 4.57 Å². The second kappa shape index (κ2) is 3.89. The molecule has 0 spiro atoms. The highest BCUT2D eigenvalue weighted by Crippen LogP contribution is 2.06. The minimum Gasteiger partial charge on any atom is -0.237 e. The first-order valence-electron chi connectivity index (χ1n) is 5.24. The van der Waals surface area contributed by atoms with Crippen LogP contribution in [-0.2, 0) is 13.6 Å². The molecular formula is C13H17N2+. The van der Waals surface area contributed by atoms with Crippen LogP contribution in [0.5, 0.6) is 0 Å². The van der Waals surface area contributed by atoms with Gasteiger partial charge in [0.25, 0.3) is 5.82 Å². The van der Waals surface area contributed by atoms with Gasteiger partial charge >= 0.3 is 0 Å². The Morgan fingerprint density at radius 2 is 1.80 bits per heavy atom. The van der Waals surface area contributed by atoms with Crippen molar-refractivity contribution in [2.24, 2.45) is 7.05 Å². The zero-order chi connectivity index (χ0) is 10.8. The highest BCUT2D eigenvalue weighted by molar-refractivity contribution is 5.21. The van der Waals surface area contributed by atoms with Gasteiger partial charge in [0.05, 0.1) is 7.05 Å². The summed E-state index contributed by atoms with van der Waals surface area (Å²) >= 11 is 0. The molecule has 0 amide bonds. The number of imidazole rings is 1. The minimum absolute atomic E-state index is 0.951. The van der Waals surface area contributed by atoms with Gasteiger partial charge in [-0.15, -0.1) is 0 Å². The fourth-order valence-corrected chi connectivity index (χ4v) is 1.66. The van der Waals surface area contributed by atoms with E-state index in [1.165, 1.54) is 17.0 Å². The van der Waals surface area contributed by atoms with E-state index in [0.29, 0.717) is 0 Å². The van der Waals surface area contributed by atoms with Gasteiger partial charge in [-0.25, -0.2) is 9.13 Å². The largest absolute Gasteiger partial charge is 0.253 e. The van der Waals surface area contributed by atoms with Crippen LogP contribution >= 0.6 is 0 Å². The van der Waals surface area contributed by atoms with E-state index in [9.17, 15) is 0 Å². The fraction of sp³-hybridized carbons (Fsp3) is 0.308. The lowest BCUT2D eigenvalue weighted by molar-refractivity contribution is -0.677. The minimum atomic E-state index is 0.951. The molecule has 0 fully saturated rings. The predicted molar refractivity (Wildman–Crippen MR) is 60.6 cm³/mol. The highest BCUT2D eigenvalue weighted by atomic mass is 15.1. The second-order valence-corrected chi connectivity index (χ2v) is 4.07. The Kier molecular flexibility index (Phi) is 2.58. The Balaban J connectivity index is 2.22. The van der Waals surface area contributed by atoms with Gasteiger partial charge in [-0.1, -0.05) is 29.8 Å². The standard InChI is InChI=1S/C13H17N2/c1-11-4-6-13(7-5-11)10-15-9-8-14(3)12(15)2/h4-9H,10H2,1-3H3/q+1. The molecule has 0 aliphatic heterocycles. The molecule has 78 valence electrons. The van der Waals surface area contributed by atoms with Crippen LogP contribution in [0.1, 0.15) is 17.0 Å². The van der Waals surface area contributed by atoms with Crippen LogP contribution in [0.15, 0.2) is 36.7 Å². The topological polar surface area (TPSA) is 8.81 Å². The summed E-state index contributed by atoms with van der Waals surface area (Å²) in [6.07, 6.45) is 4.21. The van der Waals surface area contributed by atoms with Gasteiger partial charge in [0.15, 0.2) is 0 Å². The second-order valence-electron chi connectivity index (χ2n) is 4.07. The SMILES string of the molecule is Cc1ccc(Cn2cc[n+](C)c2C)cc1. The van der Waals surface area contributed by atoms with E-state index in [4.69, 9.17) is 0 Å². The molecule has 1 aromatic heterocycles. The molecule has 0 saturated heterocycles. The lowest BCUT2D eigenvalue weighted by Gasteiger charge is -2.00. The van der Waals surface area contributed by atoms with Crippen LogP contribution in [0.25, 0.3) is 0 Å². The number of nitrogens with zero attached hydrogens (tertiary/aromatic N) is 2. The Bertz CT molecular complexity index is 452. The molecule has 0 aliphatic rings. The third-order valence-electron chi connectivity index (χ3n) is 2.87. The number of aryl methyl sites for hydroxylation is 2. The number of benzene rings is 1. The molecule has 2 aromatic rings. The fourth-order valence-electron chi connectivity index (χ4n) is 1.66. The van der Waals surface area contributed by atoms with Crippen LogP contribution in [0.2, 0.25) is 0 Å². The third-order valence-corrected chi connectivity index (χ3v) is 2.87. The summed E-state index contributed by atoms with van der Waals surface area (Å²) in [4.78, 5) is 0. The molecule has 0 radical (unpaired) electrons. The van der Waals surface area contributed by atoms with Crippen molar-refractivity contribution in [3.63, 3.8) is 0 Å². The number of hydrogen-bond donors (Lipinski definition) is 0. The predicted octanol–water partition coefficient (Wildman–Crippen LogP) is 1.98. The van der Waals surface area contributed by atoms with Crippen molar-refractivity contribution in [3.05, 3.63) is 53.6 Å². The summed E-state index contributed by atoms with van der Waals surface area (Å²) in [6.45, 7) is 5.20. The van der Waals surface area contributed by atoms with Crippen molar-refractivity contribution in [2.45, 2.75) is 20.4 Å². The molecule has 0 saturated carbocycles. The van der Waals surface area contributed by atoms with E-state index in [1.807, 2.05) is 0 Å². The van der Waals surface area contributed by atoms with Crippen molar-refractivity contribution in [1.82, 2.24) is 4.57 Å². The van der Waals surface area contributed by atoms with E-state index >= 15 is 0 Å². The Labute approximate surface area is 90.8 Å². The molecule has 0 aliphatic carbocycles. The molecule has 0 atom stereocenters. The monoisotopic (exact) mass is 201 g/mol. The number of rotatable bonds is 2. The van der Waals surface area contributed by atoms with Gasteiger partial charge in [-0.05, 0) is 12.5 Å². The summed E-state index contributed by atoms with van der Waals surface area (Å²) in [5.41, 5.74) is 2.66. The van der Waals surface area contributed by atoms with E-state index in [-0.39, 0.29) is 0 Å². The van der Waals surface area contributed by atoms with E-state index in [0.717, 1.165) is 6.54 Å². The molecule has 0 N–H and O–H groups in total. The molecular weight excluding hydrogens is 184 g/mol. The van der Waals surface area contributed by atoms with E-state index < -0.39 is 0 Å². The van der Waals surface area contributed by atoms with Crippen molar-refractivity contribution < 1.29 is 4.57 Å². The van der Waals surface area contributed by atoms with Crippen LogP contribution in [0.3, 0.4) is 0 Å². The van der Waals surface area contributed by atoms with Crippen LogP contribution in [0.4, 0.5) is 0 Å². The molecule has 0 bridgehead atoms. The maximum absolute atomic E-state index is 2.25. The summed E-state index contributed by atoms with van der Waals surface area (Å²) in [5.74, 6) is 1.27. The van der Waals surface area contributed by atoms with Gasteiger partial charge < -0.3 is 0 Å². The number of hydrogen-bond acceptors (Lipinski definition) is 0. The van der Waals surface area contributed by atoms with Crippen molar-refractivity contribution in [1.29, 1.82) is 0 Å². The maximum Gasteiger partial charge on any atom is 0.253 e. The zero-order valence-corrected chi connectivity index (χ0v) is 9.57. The van der Waals surface area contributed by atoms with Gasteiger partial charge in [0.2, 0.25) is 0 Å². The van der Waals surface area contributed by atoms with Gasteiger partial charge in [0, 0.05) is 6.92 Å². The first kappa shape index (κ1) is 9.97. The maximum atomic E-state index is 2.25. The molecule has 15 heavy (non-hydrogen) atoms. The molecule has 2 nitrogen and oxygen atoms in total. The normalized spacial score (nSPS) is 10.6. The van der Waals surface area contributed by atoms with Crippen molar-refractivity contribution in [2.75, 3.05) is 0 Å². The van der Waals surface area contributed by atoms with E-state index in [1.54, 1.807) is 0 Å². The summed E-state index contributed by atoms with van der Waals surface area (Å²) < 4.78 is 4.39. The lowest BCUT2D eigenvalue weighted by Crippen LogP contribution is -2.29. The van der Waals surface area contributed by atoms with Crippen molar-refractivity contribution in [3.8, 4) is 0 Å². The molecule has 1 aromatic carbocycles.